The second kappa shape index (κ2) is 6.80. The van der Waals surface area contributed by atoms with Gasteiger partial charge < -0.3 is 10.6 Å². The Balaban J connectivity index is 0.00000161. The van der Waals surface area contributed by atoms with E-state index < -0.39 is 0 Å². The minimum absolute atomic E-state index is 0. The molecular formula is C17H25ClN2O. The molecule has 0 spiro atoms. The van der Waals surface area contributed by atoms with Crippen LogP contribution in [0.2, 0.25) is 0 Å². The van der Waals surface area contributed by atoms with E-state index in [4.69, 9.17) is 5.73 Å². The zero-order valence-electron chi connectivity index (χ0n) is 12.6. The number of likely N-dealkylation sites (tertiary alicyclic amines) is 1. The van der Waals surface area contributed by atoms with E-state index in [1.165, 1.54) is 11.1 Å². The normalized spacial score (nSPS) is 28.5. The van der Waals surface area contributed by atoms with Crippen molar-refractivity contribution in [2.75, 3.05) is 6.54 Å². The molecule has 1 saturated heterocycles. The molecule has 1 aromatic rings. The number of hydrogen-bond donors (Lipinski definition) is 1. The molecule has 4 heteroatoms. The predicted octanol–water partition coefficient (Wildman–Crippen LogP) is 3.21. The van der Waals surface area contributed by atoms with Crippen molar-refractivity contribution in [3.63, 3.8) is 0 Å². The fourth-order valence-electron chi connectivity index (χ4n) is 3.79. The zero-order chi connectivity index (χ0) is 14.1. The average Bonchev–Trinajstić information content (AvgIpc) is 3.07. The average molecular weight is 309 g/mol. The fourth-order valence-corrected chi connectivity index (χ4v) is 3.79. The minimum atomic E-state index is 0. The largest absolute Gasteiger partial charge is 0.335 e. The molecule has 1 heterocycles. The van der Waals surface area contributed by atoms with Crippen LogP contribution in [-0.4, -0.2) is 23.4 Å². The van der Waals surface area contributed by atoms with Crippen molar-refractivity contribution in [1.29, 1.82) is 0 Å². The van der Waals surface area contributed by atoms with E-state index in [9.17, 15) is 4.79 Å². The molecule has 0 aromatic heterocycles. The number of amides is 1. The third-order valence-electron chi connectivity index (χ3n) is 4.91. The van der Waals surface area contributed by atoms with Gasteiger partial charge in [-0.3, -0.25) is 4.79 Å². The highest BCUT2D eigenvalue weighted by molar-refractivity contribution is 5.85. The Bertz CT molecular complexity index is 505. The summed E-state index contributed by atoms with van der Waals surface area (Å²) in [6.45, 7) is 3.05. The summed E-state index contributed by atoms with van der Waals surface area (Å²) in [7, 11) is 0. The number of aryl methyl sites for hydroxylation is 1. The number of halogens is 1. The lowest BCUT2D eigenvalue weighted by molar-refractivity contribution is -0.136. The molecule has 2 N–H and O–H groups in total. The first-order valence-corrected chi connectivity index (χ1v) is 7.78. The minimum Gasteiger partial charge on any atom is -0.335 e. The van der Waals surface area contributed by atoms with Crippen LogP contribution in [0.4, 0.5) is 0 Å². The Morgan fingerprint density at radius 2 is 2.00 bits per heavy atom. The van der Waals surface area contributed by atoms with Crippen molar-refractivity contribution in [1.82, 2.24) is 4.90 Å². The number of benzene rings is 1. The van der Waals surface area contributed by atoms with Gasteiger partial charge in [-0.15, -0.1) is 12.4 Å². The Labute approximate surface area is 133 Å². The Hall–Kier alpha value is -1.06. The van der Waals surface area contributed by atoms with E-state index in [0.717, 1.165) is 38.6 Å². The van der Waals surface area contributed by atoms with E-state index in [0.29, 0.717) is 5.91 Å². The van der Waals surface area contributed by atoms with Gasteiger partial charge in [0.15, 0.2) is 0 Å². The van der Waals surface area contributed by atoms with E-state index in [1.807, 2.05) is 0 Å². The van der Waals surface area contributed by atoms with Crippen LogP contribution in [0.5, 0.6) is 0 Å². The van der Waals surface area contributed by atoms with Crippen LogP contribution in [-0.2, 0) is 4.79 Å². The van der Waals surface area contributed by atoms with Crippen LogP contribution in [0.1, 0.15) is 49.3 Å². The first kappa shape index (κ1) is 16.3. The summed E-state index contributed by atoms with van der Waals surface area (Å²) < 4.78 is 0. The van der Waals surface area contributed by atoms with Crippen molar-refractivity contribution in [2.24, 2.45) is 11.7 Å². The topological polar surface area (TPSA) is 46.3 Å². The van der Waals surface area contributed by atoms with Crippen molar-refractivity contribution in [3.8, 4) is 0 Å². The second-order valence-corrected chi connectivity index (χ2v) is 6.32. The summed E-state index contributed by atoms with van der Waals surface area (Å²) in [6, 6.07) is 8.96. The van der Waals surface area contributed by atoms with Crippen LogP contribution in [0.25, 0.3) is 0 Å². The van der Waals surface area contributed by atoms with E-state index in [2.05, 4.69) is 36.1 Å². The molecule has 1 aliphatic carbocycles. The van der Waals surface area contributed by atoms with Gasteiger partial charge in [-0.2, -0.15) is 0 Å². The Morgan fingerprint density at radius 1 is 1.24 bits per heavy atom. The molecule has 1 aliphatic heterocycles. The first-order valence-electron chi connectivity index (χ1n) is 7.78. The standard InChI is InChI=1S/C17H24N2O.ClH/c1-12-5-2-3-6-15(12)16-7-4-10-19(16)17(20)13-8-9-14(18)11-13;/h2-3,5-6,13-14,16H,4,7-11,18H2,1H3;1H. The molecule has 1 saturated carbocycles. The number of carbonyl (C=O) groups is 1. The van der Waals surface area contributed by atoms with E-state index in [1.54, 1.807) is 0 Å². The summed E-state index contributed by atoms with van der Waals surface area (Å²) in [6.07, 6.45) is 5.05. The lowest BCUT2D eigenvalue weighted by Gasteiger charge is -2.28. The second-order valence-electron chi connectivity index (χ2n) is 6.32. The molecule has 1 amide bonds. The third kappa shape index (κ3) is 3.24. The van der Waals surface area contributed by atoms with Crippen molar-refractivity contribution < 1.29 is 4.79 Å². The molecule has 116 valence electrons. The van der Waals surface area contributed by atoms with Gasteiger partial charge in [-0.25, -0.2) is 0 Å². The predicted molar refractivity (Wildman–Crippen MR) is 87.4 cm³/mol. The highest BCUT2D eigenvalue weighted by Gasteiger charge is 2.37. The van der Waals surface area contributed by atoms with E-state index >= 15 is 0 Å². The molecule has 21 heavy (non-hydrogen) atoms. The number of rotatable bonds is 2. The number of nitrogens with zero attached hydrogens (tertiary/aromatic N) is 1. The quantitative estimate of drug-likeness (QED) is 0.912. The van der Waals surface area contributed by atoms with Gasteiger partial charge in [0.1, 0.15) is 0 Å². The SMILES string of the molecule is Cc1ccccc1C1CCCN1C(=O)C1CCC(N)C1.Cl. The highest BCUT2D eigenvalue weighted by Crippen LogP contribution is 2.37. The van der Waals surface area contributed by atoms with Crippen LogP contribution in [0.15, 0.2) is 24.3 Å². The molecule has 3 unspecified atom stereocenters. The van der Waals surface area contributed by atoms with Crippen LogP contribution < -0.4 is 5.73 Å². The number of carbonyl (C=O) groups excluding carboxylic acids is 1. The van der Waals surface area contributed by atoms with Crippen molar-refractivity contribution >= 4 is 18.3 Å². The molecule has 0 radical (unpaired) electrons. The van der Waals surface area contributed by atoms with Gasteiger partial charge in [-0.1, -0.05) is 24.3 Å². The van der Waals surface area contributed by atoms with Gasteiger partial charge in [0, 0.05) is 18.5 Å². The maximum absolute atomic E-state index is 12.8. The molecular weight excluding hydrogens is 284 g/mol. The van der Waals surface area contributed by atoms with Gasteiger partial charge in [-0.05, 0) is 50.2 Å². The van der Waals surface area contributed by atoms with Crippen LogP contribution in [0.3, 0.4) is 0 Å². The molecule has 3 atom stereocenters. The molecule has 2 aliphatic rings. The maximum Gasteiger partial charge on any atom is 0.226 e. The number of hydrogen-bond acceptors (Lipinski definition) is 2. The monoisotopic (exact) mass is 308 g/mol. The highest BCUT2D eigenvalue weighted by atomic mass is 35.5. The lowest BCUT2D eigenvalue weighted by Crippen LogP contribution is -2.35. The van der Waals surface area contributed by atoms with Crippen LogP contribution in [0, 0.1) is 12.8 Å². The lowest BCUT2D eigenvalue weighted by atomic mass is 9.98. The third-order valence-corrected chi connectivity index (χ3v) is 4.91. The van der Waals surface area contributed by atoms with Gasteiger partial charge >= 0.3 is 0 Å². The van der Waals surface area contributed by atoms with Crippen molar-refractivity contribution in [3.05, 3.63) is 35.4 Å². The van der Waals surface area contributed by atoms with Gasteiger partial charge in [0.2, 0.25) is 5.91 Å². The fraction of sp³-hybridized carbons (Fsp3) is 0.588. The van der Waals surface area contributed by atoms with Gasteiger partial charge in [0.05, 0.1) is 6.04 Å². The van der Waals surface area contributed by atoms with Crippen LogP contribution >= 0.6 is 12.4 Å². The first-order chi connectivity index (χ1) is 9.66. The Morgan fingerprint density at radius 3 is 2.67 bits per heavy atom. The molecule has 2 fully saturated rings. The molecule has 1 aromatic carbocycles. The Kier molecular flexibility index (Phi) is 5.28. The summed E-state index contributed by atoms with van der Waals surface area (Å²) in [4.78, 5) is 14.9. The number of nitrogens with two attached hydrogens (primary N) is 1. The summed E-state index contributed by atoms with van der Waals surface area (Å²) in [5.74, 6) is 0.498. The smallest absolute Gasteiger partial charge is 0.226 e. The zero-order valence-corrected chi connectivity index (χ0v) is 13.4. The maximum atomic E-state index is 12.8. The molecule has 3 nitrogen and oxygen atoms in total. The summed E-state index contributed by atoms with van der Waals surface area (Å²) in [5.41, 5.74) is 8.57. The van der Waals surface area contributed by atoms with Gasteiger partial charge in [0.25, 0.3) is 0 Å². The molecule has 0 bridgehead atoms. The van der Waals surface area contributed by atoms with E-state index in [-0.39, 0.29) is 30.4 Å². The summed E-state index contributed by atoms with van der Waals surface area (Å²) >= 11 is 0. The summed E-state index contributed by atoms with van der Waals surface area (Å²) in [5, 5.41) is 0. The molecule has 3 rings (SSSR count). The van der Waals surface area contributed by atoms with Crippen molar-refractivity contribution in [2.45, 2.75) is 51.1 Å².